The fraction of sp³-hybridized carbons (Fsp3) is 0.500. The zero-order valence-corrected chi connectivity index (χ0v) is 14.7. The average Bonchev–Trinajstić information content (AvgIpc) is 2.64. The third kappa shape index (κ3) is 4.05. The predicted octanol–water partition coefficient (Wildman–Crippen LogP) is 0.313. The quantitative estimate of drug-likeness (QED) is 0.845. The van der Waals surface area contributed by atoms with E-state index in [1.807, 2.05) is 18.2 Å². The minimum absolute atomic E-state index is 0.0867. The van der Waals surface area contributed by atoms with E-state index < -0.39 is 0 Å². The van der Waals surface area contributed by atoms with E-state index >= 15 is 0 Å². The van der Waals surface area contributed by atoms with Crippen molar-refractivity contribution >= 4 is 16.7 Å². The second kappa shape index (κ2) is 7.76. The van der Waals surface area contributed by atoms with Gasteiger partial charge in [0.1, 0.15) is 0 Å². The van der Waals surface area contributed by atoms with E-state index in [1.54, 1.807) is 13.1 Å². The minimum Gasteiger partial charge on any atom is -0.379 e. The third-order valence-corrected chi connectivity index (χ3v) is 4.62. The fourth-order valence-electron chi connectivity index (χ4n) is 3.13. The molecule has 1 aliphatic rings. The van der Waals surface area contributed by atoms with E-state index in [1.165, 1.54) is 4.68 Å². The first-order chi connectivity index (χ1) is 12.1. The molecule has 134 valence electrons. The molecule has 0 saturated carbocycles. The summed E-state index contributed by atoms with van der Waals surface area (Å²) >= 11 is 0. The van der Waals surface area contributed by atoms with Crippen molar-refractivity contribution in [1.29, 1.82) is 0 Å². The van der Waals surface area contributed by atoms with Crippen molar-refractivity contribution in [3.8, 4) is 0 Å². The Balaban J connectivity index is 1.66. The van der Waals surface area contributed by atoms with Gasteiger partial charge in [0.05, 0.1) is 30.7 Å². The standard InChI is InChI=1S/C18H24N4O3/c1-13(22-7-9-25-10-8-22)12-19-17(23)11-16-14-5-3-4-6-15(14)18(24)21(2)20-16/h3-6,13H,7-12H2,1-2H3,(H,19,23)/t13-/m1/s1. The van der Waals surface area contributed by atoms with Gasteiger partial charge in [-0.1, -0.05) is 18.2 Å². The molecule has 1 saturated heterocycles. The van der Waals surface area contributed by atoms with Crippen LogP contribution in [0.1, 0.15) is 12.6 Å². The number of nitrogens with one attached hydrogen (secondary N) is 1. The Hall–Kier alpha value is -2.25. The number of morpholine rings is 1. The number of aryl methyl sites for hydroxylation is 1. The van der Waals surface area contributed by atoms with Crippen molar-refractivity contribution < 1.29 is 9.53 Å². The van der Waals surface area contributed by atoms with Crippen LogP contribution in [0.5, 0.6) is 0 Å². The number of carbonyl (C=O) groups excluding carboxylic acids is 1. The van der Waals surface area contributed by atoms with Crippen LogP contribution >= 0.6 is 0 Å². The molecule has 0 unspecified atom stereocenters. The van der Waals surface area contributed by atoms with Gasteiger partial charge in [-0.25, -0.2) is 4.68 Å². The van der Waals surface area contributed by atoms with Gasteiger partial charge in [-0.05, 0) is 13.0 Å². The molecule has 1 aromatic heterocycles. The van der Waals surface area contributed by atoms with Crippen molar-refractivity contribution in [3.05, 3.63) is 40.3 Å². The number of aromatic nitrogens is 2. The summed E-state index contributed by atoms with van der Waals surface area (Å²) in [7, 11) is 1.61. The van der Waals surface area contributed by atoms with Gasteiger partial charge in [-0.2, -0.15) is 5.10 Å². The van der Waals surface area contributed by atoms with Crippen LogP contribution < -0.4 is 10.9 Å². The molecular formula is C18H24N4O3. The molecule has 1 aliphatic heterocycles. The van der Waals surface area contributed by atoms with Crippen LogP contribution in [-0.2, 0) is 23.0 Å². The van der Waals surface area contributed by atoms with E-state index in [0.29, 0.717) is 17.6 Å². The average molecular weight is 344 g/mol. The van der Waals surface area contributed by atoms with E-state index in [4.69, 9.17) is 4.74 Å². The van der Waals surface area contributed by atoms with Crippen molar-refractivity contribution in [2.45, 2.75) is 19.4 Å². The minimum atomic E-state index is -0.152. The van der Waals surface area contributed by atoms with Crippen LogP contribution in [0.3, 0.4) is 0 Å². The maximum Gasteiger partial charge on any atom is 0.274 e. The molecule has 0 aliphatic carbocycles. The summed E-state index contributed by atoms with van der Waals surface area (Å²) in [6, 6.07) is 7.53. The first-order valence-electron chi connectivity index (χ1n) is 8.59. The summed E-state index contributed by atoms with van der Waals surface area (Å²) in [6.45, 7) is 5.96. The monoisotopic (exact) mass is 344 g/mol. The van der Waals surface area contributed by atoms with Gasteiger partial charge in [-0.15, -0.1) is 0 Å². The van der Waals surface area contributed by atoms with Crippen LogP contribution in [-0.4, -0.2) is 59.5 Å². The number of fused-ring (bicyclic) bond motifs is 1. The summed E-state index contributed by atoms with van der Waals surface area (Å²) in [4.78, 5) is 26.8. The topological polar surface area (TPSA) is 76.5 Å². The molecular weight excluding hydrogens is 320 g/mol. The number of amides is 1. The Morgan fingerprint density at radius 3 is 2.68 bits per heavy atom. The highest BCUT2D eigenvalue weighted by molar-refractivity contribution is 5.88. The highest BCUT2D eigenvalue weighted by Crippen LogP contribution is 2.13. The Morgan fingerprint density at radius 1 is 1.28 bits per heavy atom. The smallest absolute Gasteiger partial charge is 0.274 e. The predicted molar refractivity (Wildman–Crippen MR) is 95.6 cm³/mol. The number of hydrogen-bond acceptors (Lipinski definition) is 5. The van der Waals surface area contributed by atoms with Gasteiger partial charge in [0.2, 0.25) is 5.91 Å². The van der Waals surface area contributed by atoms with Crippen molar-refractivity contribution in [3.63, 3.8) is 0 Å². The first kappa shape index (κ1) is 17.6. The summed E-state index contributed by atoms with van der Waals surface area (Å²) < 4.78 is 6.64. The number of rotatable bonds is 5. The lowest BCUT2D eigenvalue weighted by Crippen LogP contribution is -2.47. The Labute approximate surface area is 146 Å². The summed E-state index contributed by atoms with van der Waals surface area (Å²) in [5.41, 5.74) is 0.468. The summed E-state index contributed by atoms with van der Waals surface area (Å²) in [6.07, 6.45) is 0.157. The van der Waals surface area contributed by atoms with Gasteiger partial charge in [0, 0.05) is 38.1 Å². The fourth-order valence-corrected chi connectivity index (χ4v) is 3.13. The molecule has 1 aromatic carbocycles. The molecule has 1 atom stereocenters. The molecule has 0 spiro atoms. The van der Waals surface area contributed by atoms with Crippen LogP contribution in [0.4, 0.5) is 0 Å². The molecule has 0 bridgehead atoms. The van der Waals surface area contributed by atoms with E-state index in [0.717, 1.165) is 31.7 Å². The normalized spacial score (nSPS) is 16.7. The van der Waals surface area contributed by atoms with Gasteiger partial charge >= 0.3 is 0 Å². The number of carbonyl (C=O) groups is 1. The Kier molecular flexibility index (Phi) is 5.45. The van der Waals surface area contributed by atoms with E-state index in [2.05, 4.69) is 22.2 Å². The summed E-state index contributed by atoms with van der Waals surface area (Å²) in [5, 5.41) is 8.58. The van der Waals surface area contributed by atoms with Gasteiger partial charge < -0.3 is 10.1 Å². The molecule has 7 nitrogen and oxygen atoms in total. The molecule has 2 heterocycles. The van der Waals surface area contributed by atoms with Crippen LogP contribution in [0.25, 0.3) is 10.8 Å². The van der Waals surface area contributed by atoms with Gasteiger partial charge in [-0.3, -0.25) is 14.5 Å². The number of hydrogen-bond donors (Lipinski definition) is 1. The molecule has 1 N–H and O–H groups in total. The Bertz CT molecular complexity index is 812. The molecule has 1 fully saturated rings. The highest BCUT2D eigenvalue weighted by Gasteiger charge is 2.18. The second-order valence-corrected chi connectivity index (χ2v) is 6.40. The SMILES string of the molecule is C[C@H](CNC(=O)Cc1nn(C)c(=O)c2ccccc12)N1CCOCC1. The number of nitrogens with zero attached hydrogens (tertiary/aromatic N) is 3. The first-order valence-corrected chi connectivity index (χ1v) is 8.59. The third-order valence-electron chi connectivity index (χ3n) is 4.62. The van der Waals surface area contributed by atoms with Gasteiger partial charge in [0.25, 0.3) is 5.56 Å². The number of ether oxygens (including phenoxy) is 1. The van der Waals surface area contributed by atoms with Crippen molar-refractivity contribution in [2.24, 2.45) is 7.05 Å². The molecule has 0 radical (unpaired) electrons. The summed E-state index contributed by atoms with van der Waals surface area (Å²) in [5.74, 6) is -0.0867. The van der Waals surface area contributed by atoms with Crippen molar-refractivity contribution in [1.82, 2.24) is 20.0 Å². The van der Waals surface area contributed by atoms with Crippen LogP contribution in [0.15, 0.2) is 29.1 Å². The zero-order chi connectivity index (χ0) is 17.8. The molecule has 1 amide bonds. The molecule has 7 heteroatoms. The lowest BCUT2D eigenvalue weighted by molar-refractivity contribution is -0.120. The van der Waals surface area contributed by atoms with E-state index in [-0.39, 0.29) is 23.9 Å². The zero-order valence-electron chi connectivity index (χ0n) is 14.7. The molecule has 25 heavy (non-hydrogen) atoms. The molecule has 2 aromatic rings. The maximum atomic E-state index is 12.4. The van der Waals surface area contributed by atoms with Crippen LogP contribution in [0.2, 0.25) is 0 Å². The molecule has 3 rings (SSSR count). The largest absolute Gasteiger partial charge is 0.379 e. The van der Waals surface area contributed by atoms with Crippen molar-refractivity contribution in [2.75, 3.05) is 32.8 Å². The second-order valence-electron chi connectivity index (χ2n) is 6.40. The van der Waals surface area contributed by atoms with Crippen LogP contribution in [0, 0.1) is 0 Å². The van der Waals surface area contributed by atoms with E-state index in [9.17, 15) is 9.59 Å². The van der Waals surface area contributed by atoms with Gasteiger partial charge in [0.15, 0.2) is 0 Å². The highest BCUT2D eigenvalue weighted by atomic mass is 16.5. The Morgan fingerprint density at radius 2 is 1.96 bits per heavy atom. The lowest BCUT2D eigenvalue weighted by atomic mass is 10.1. The lowest BCUT2D eigenvalue weighted by Gasteiger charge is -2.32. The number of benzene rings is 1. The maximum absolute atomic E-state index is 12.4.